The van der Waals surface area contributed by atoms with Crippen molar-refractivity contribution in [2.45, 2.75) is 109 Å². The largest absolute Gasteiger partial charge is 0.487 e. The van der Waals surface area contributed by atoms with Gasteiger partial charge in [0, 0.05) is 42.5 Å². The number of aromatic nitrogens is 8. The summed E-state index contributed by atoms with van der Waals surface area (Å²) in [7, 11) is 0. The Morgan fingerprint density at radius 3 is 2.41 bits per heavy atom. The summed E-state index contributed by atoms with van der Waals surface area (Å²) in [5.74, 6) is 1.43. The van der Waals surface area contributed by atoms with Gasteiger partial charge in [-0.15, -0.1) is 10.2 Å². The molecule has 0 unspecified atom stereocenters. The third-order valence-electron chi connectivity index (χ3n) is 9.93. The normalized spacial score (nSPS) is 22.5. The number of morpholine rings is 1. The van der Waals surface area contributed by atoms with Crippen molar-refractivity contribution in [2.24, 2.45) is 0 Å². The molecule has 4 aromatic rings. The number of hydrogen-bond acceptors (Lipinski definition) is 13. The highest BCUT2D eigenvalue weighted by Crippen LogP contribution is 2.39. The van der Waals surface area contributed by atoms with Crippen molar-refractivity contribution in [2.75, 3.05) is 31.7 Å². The van der Waals surface area contributed by atoms with Crippen LogP contribution >= 0.6 is 0 Å². The molecule has 0 radical (unpaired) electrons. The molecule has 1 N–H and O–H groups in total. The minimum absolute atomic E-state index is 0.180. The molecule has 0 amide bonds. The van der Waals surface area contributed by atoms with E-state index in [1.165, 1.54) is 19.2 Å². The second-order valence-electron chi connectivity index (χ2n) is 14.0. The van der Waals surface area contributed by atoms with E-state index in [1.54, 1.807) is 23.1 Å². The van der Waals surface area contributed by atoms with E-state index in [9.17, 15) is 5.26 Å². The molecule has 5 heterocycles. The summed E-state index contributed by atoms with van der Waals surface area (Å²) in [6.07, 6.45) is 14.7. The molecule has 270 valence electrons. The number of nitriles is 1. The van der Waals surface area contributed by atoms with Crippen molar-refractivity contribution in [1.82, 2.24) is 44.9 Å². The summed E-state index contributed by atoms with van der Waals surface area (Å²) >= 11 is 0. The second-order valence-corrected chi connectivity index (χ2v) is 14.0. The smallest absolute Gasteiger partial charge is 0.256 e. The van der Waals surface area contributed by atoms with Crippen molar-refractivity contribution in [3.05, 3.63) is 48.7 Å². The quantitative estimate of drug-likeness (QED) is 0.166. The van der Waals surface area contributed by atoms with E-state index in [0.29, 0.717) is 67.1 Å². The molecule has 51 heavy (non-hydrogen) atoms. The molecule has 3 fully saturated rings. The van der Waals surface area contributed by atoms with Crippen LogP contribution in [0.2, 0.25) is 0 Å². The standard InChI is InChI=1S/C36H47N11O4/c1-24(2)49-13-4-14-50-35-33(20-46(42-35)29-7-9-30(10-8-29)47-31-11-12-32(47)22-48-21-31)41-36-38-17-28(18-39-36)26-5-6-27(16-37)34(15-26)51-25(3)19-45-23-40-43-44-45/h5-6,15,17-18,20,23-25,29-32H,4,7-14,19,21-22H2,1-3H3,(H,38,39,41)/t25-,29?,30?,31-,32+/m0/s1. The van der Waals surface area contributed by atoms with E-state index < -0.39 is 0 Å². The molecule has 15 nitrogen and oxygen atoms in total. The van der Waals surface area contributed by atoms with Gasteiger partial charge in [0.05, 0.1) is 56.9 Å². The maximum atomic E-state index is 9.69. The molecule has 1 aliphatic carbocycles. The highest BCUT2D eigenvalue weighted by atomic mass is 16.5. The Balaban J connectivity index is 1.02. The van der Waals surface area contributed by atoms with Crippen LogP contribution in [0, 0.1) is 11.3 Å². The van der Waals surface area contributed by atoms with Gasteiger partial charge in [-0.2, -0.15) is 5.26 Å². The zero-order chi connectivity index (χ0) is 35.2. The van der Waals surface area contributed by atoms with Crippen molar-refractivity contribution in [1.29, 1.82) is 5.26 Å². The Morgan fingerprint density at radius 2 is 1.71 bits per heavy atom. The molecule has 3 atom stereocenters. The molecule has 2 bridgehead atoms. The lowest BCUT2D eigenvalue weighted by Gasteiger charge is -2.43. The Hall–Kier alpha value is -4.65. The van der Waals surface area contributed by atoms with Crippen molar-refractivity contribution in [3.63, 3.8) is 0 Å². The molecular formula is C36H47N11O4. The molecule has 0 spiro atoms. The van der Waals surface area contributed by atoms with Gasteiger partial charge in [0.2, 0.25) is 5.95 Å². The number of fused-ring (bicyclic) bond motifs is 2. The van der Waals surface area contributed by atoms with Crippen molar-refractivity contribution in [3.8, 4) is 28.8 Å². The van der Waals surface area contributed by atoms with Crippen molar-refractivity contribution < 1.29 is 18.9 Å². The topological polar surface area (TPSA) is 163 Å². The molecule has 2 aliphatic heterocycles. The number of nitrogens with one attached hydrogen (secondary N) is 1. The lowest BCUT2D eigenvalue weighted by Crippen LogP contribution is -2.52. The van der Waals surface area contributed by atoms with Crippen LogP contribution in [0.3, 0.4) is 0 Å². The van der Waals surface area contributed by atoms with Gasteiger partial charge in [0.1, 0.15) is 29.9 Å². The van der Waals surface area contributed by atoms with Crippen LogP contribution < -0.4 is 14.8 Å². The van der Waals surface area contributed by atoms with Crippen LogP contribution in [0.15, 0.2) is 43.1 Å². The van der Waals surface area contributed by atoms with Crippen LogP contribution in [0.25, 0.3) is 11.1 Å². The number of nitrogens with zero attached hydrogens (tertiary/aromatic N) is 10. The minimum Gasteiger partial charge on any atom is -0.487 e. The van der Waals surface area contributed by atoms with E-state index in [0.717, 1.165) is 62.1 Å². The van der Waals surface area contributed by atoms with Gasteiger partial charge in [-0.3, -0.25) is 9.58 Å². The lowest BCUT2D eigenvalue weighted by molar-refractivity contribution is -0.0458. The average Bonchev–Trinajstić information content (AvgIpc) is 3.86. The monoisotopic (exact) mass is 697 g/mol. The number of benzene rings is 1. The summed E-state index contributed by atoms with van der Waals surface area (Å²) < 4.78 is 27.5. The van der Waals surface area contributed by atoms with Gasteiger partial charge in [-0.1, -0.05) is 6.07 Å². The summed E-state index contributed by atoms with van der Waals surface area (Å²) in [5, 5.41) is 29.2. The Bertz CT molecular complexity index is 1730. The summed E-state index contributed by atoms with van der Waals surface area (Å²) in [6, 6.07) is 9.73. The molecule has 1 aromatic carbocycles. The molecule has 15 heteroatoms. The van der Waals surface area contributed by atoms with E-state index in [-0.39, 0.29) is 12.2 Å². The molecule has 3 aromatic heterocycles. The van der Waals surface area contributed by atoms with Crippen LogP contribution in [0.5, 0.6) is 11.6 Å². The summed E-state index contributed by atoms with van der Waals surface area (Å²) in [6.45, 7) is 9.27. The molecule has 2 saturated heterocycles. The third kappa shape index (κ3) is 8.46. The Morgan fingerprint density at radius 1 is 0.961 bits per heavy atom. The first-order valence-corrected chi connectivity index (χ1v) is 18.1. The number of tetrazole rings is 1. The van der Waals surface area contributed by atoms with Crippen LogP contribution in [-0.4, -0.2) is 102 Å². The van der Waals surface area contributed by atoms with Gasteiger partial charge >= 0.3 is 0 Å². The minimum atomic E-state index is -0.270. The average molecular weight is 698 g/mol. The molecule has 3 aliphatic rings. The Labute approximate surface area is 298 Å². The van der Waals surface area contributed by atoms with E-state index in [1.807, 2.05) is 39.1 Å². The number of hydrogen-bond donors (Lipinski definition) is 1. The predicted octanol–water partition coefficient (Wildman–Crippen LogP) is 4.95. The fourth-order valence-electron chi connectivity index (χ4n) is 7.51. The van der Waals surface area contributed by atoms with Crippen LogP contribution in [0.1, 0.15) is 77.3 Å². The van der Waals surface area contributed by atoms with E-state index in [2.05, 4.69) is 46.5 Å². The van der Waals surface area contributed by atoms with Crippen LogP contribution in [-0.2, 0) is 16.0 Å². The number of ether oxygens (including phenoxy) is 4. The zero-order valence-corrected chi connectivity index (χ0v) is 29.6. The molecular weight excluding hydrogens is 650 g/mol. The predicted molar refractivity (Wildman–Crippen MR) is 188 cm³/mol. The highest BCUT2D eigenvalue weighted by molar-refractivity contribution is 5.67. The molecule has 1 saturated carbocycles. The van der Waals surface area contributed by atoms with Crippen molar-refractivity contribution >= 4 is 11.6 Å². The summed E-state index contributed by atoms with van der Waals surface area (Å²) in [4.78, 5) is 12.0. The van der Waals surface area contributed by atoms with Gasteiger partial charge in [-0.05, 0) is 87.4 Å². The Kier molecular flexibility index (Phi) is 11.0. The maximum absolute atomic E-state index is 9.69. The fourth-order valence-corrected chi connectivity index (χ4v) is 7.51. The zero-order valence-electron chi connectivity index (χ0n) is 29.6. The number of anilines is 2. The van der Waals surface area contributed by atoms with E-state index >= 15 is 0 Å². The maximum Gasteiger partial charge on any atom is 0.256 e. The van der Waals surface area contributed by atoms with Gasteiger partial charge in [-0.25, -0.2) is 14.6 Å². The fraction of sp³-hybridized carbons (Fsp3) is 0.583. The summed E-state index contributed by atoms with van der Waals surface area (Å²) in [5.41, 5.74) is 2.77. The van der Waals surface area contributed by atoms with Gasteiger partial charge < -0.3 is 24.3 Å². The first-order valence-electron chi connectivity index (χ1n) is 18.1. The van der Waals surface area contributed by atoms with Crippen LogP contribution in [0.4, 0.5) is 11.6 Å². The SMILES string of the molecule is CC(C)OCCCOc1nn(C2CCC(N3[C@@H]4CC[C@H]3COC4)CC2)cc1Nc1ncc(-c2ccc(C#N)c(O[C@@H](C)Cn3cnnn3)c2)cn1. The third-order valence-corrected chi connectivity index (χ3v) is 9.93. The van der Waals surface area contributed by atoms with Gasteiger partial charge in [0.15, 0.2) is 0 Å². The first kappa shape index (κ1) is 34.8. The first-order chi connectivity index (χ1) is 24.9. The number of rotatable bonds is 15. The van der Waals surface area contributed by atoms with Gasteiger partial charge in [0.25, 0.3) is 5.88 Å². The van der Waals surface area contributed by atoms with E-state index in [4.69, 9.17) is 24.0 Å². The lowest BCUT2D eigenvalue weighted by atomic mass is 9.89. The molecule has 7 rings (SSSR count). The highest BCUT2D eigenvalue weighted by Gasteiger charge is 2.42. The second kappa shape index (κ2) is 16.1.